The highest BCUT2D eigenvalue weighted by atomic mass is 32.1. The minimum atomic E-state index is -1.60. The molecule has 0 aliphatic carbocycles. The minimum absolute atomic E-state index is 0.0223. The van der Waals surface area contributed by atoms with E-state index in [4.69, 9.17) is 4.74 Å². The van der Waals surface area contributed by atoms with Crippen molar-refractivity contribution in [2.24, 2.45) is 10.9 Å². The lowest BCUT2D eigenvalue weighted by Gasteiger charge is -2.29. The second-order valence-electron chi connectivity index (χ2n) is 6.86. The number of aliphatic imine (C=N–C) groups is 1. The largest absolute Gasteiger partial charge is 0.373 e. The van der Waals surface area contributed by atoms with Gasteiger partial charge in [0.05, 0.1) is 23.4 Å². The van der Waals surface area contributed by atoms with Gasteiger partial charge < -0.3 is 4.74 Å². The molecule has 2 aromatic rings. The zero-order chi connectivity index (χ0) is 20.3. The molecule has 1 fully saturated rings. The fraction of sp³-hybridized carbons (Fsp3) is 0.381. The molecule has 2 nitrogen and oxygen atoms in total. The van der Waals surface area contributed by atoms with Gasteiger partial charge in [-0.15, -0.1) is 0 Å². The molecule has 1 aliphatic heterocycles. The molecule has 2 aromatic carbocycles. The molecule has 0 saturated carbocycles. The molecule has 0 radical (unpaired) electrons. The molecule has 0 N–H and O–H groups in total. The van der Waals surface area contributed by atoms with E-state index in [1.807, 2.05) is 0 Å². The maximum absolute atomic E-state index is 14.4. The van der Waals surface area contributed by atoms with Crippen LogP contribution in [0.15, 0.2) is 29.3 Å². The molecule has 1 heterocycles. The summed E-state index contributed by atoms with van der Waals surface area (Å²) in [5.74, 6) is -5.69. The van der Waals surface area contributed by atoms with Crippen LogP contribution in [0.1, 0.15) is 44.3 Å². The molecule has 0 amide bonds. The fourth-order valence-electron chi connectivity index (χ4n) is 3.59. The first-order valence-electron chi connectivity index (χ1n) is 9.13. The number of thiocarbonyl (C=S) groups is 1. The van der Waals surface area contributed by atoms with Crippen LogP contribution in [0.25, 0.3) is 11.1 Å². The van der Waals surface area contributed by atoms with Crippen LogP contribution >= 0.6 is 12.2 Å². The molecule has 7 heteroatoms. The topological polar surface area (TPSA) is 21.6 Å². The Morgan fingerprint density at radius 3 is 2.18 bits per heavy atom. The molecule has 2 atom stereocenters. The van der Waals surface area contributed by atoms with Crippen molar-refractivity contribution < 1.29 is 22.3 Å². The van der Waals surface area contributed by atoms with Crippen LogP contribution in [0.2, 0.25) is 0 Å². The summed E-state index contributed by atoms with van der Waals surface area (Å²) in [6.07, 6.45) is 4.07. The number of rotatable bonds is 5. The second-order valence-corrected chi connectivity index (χ2v) is 7.04. The normalized spacial score (nSPS) is 19.3. The Hall–Kier alpha value is -2.08. The Kier molecular flexibility index (Phi) is 6.60. The SMILES string of the molecule is CCCC1CCC(c2ccc(-c3c(F)c(F)c(N=C=S)c(F)c3F)cc2)OC1. The number of hydrogen-bond donors (Lipinski definition) is 0. The van der Waals surface area contributed by atoms with Crippen molar-refractivity contribution in [1.29, 1.82) is 0 Å². The summed E-state index contributed by atoms with van der Waals surface area (Å²) in [4.78, 5) is 3.07. The van der Waals surface area contributed by atoms with Crippen molar-refractivity contribution in [2.75, 3.05) is 6.61 Å². The number of hydrogen-bond acceptors (Lipinski definition) is 3. The number of halogens is 4. The highest BCUT2D eigenvalue weighted by molar-refractivity contribution is 7.78. The molecule has 148 valence electrons. The Morgan fingerprint density at radius 2 is 1.68 bits per heavy atom. The van der Waals surface area contributed by atoms with Gasteiger partial charge in [0.2, 0.25) is 0 Å². The smallest absolute Gasteiger partial charge is 0.189 e. The van der Waals surface area contributed by atoms with Gasteiger partial charge in [-0.25, -0.2) is 17.6 Å². The lowest BCUT2D eigenvalue weighted by Crippen LogP contribution is -2.20. The third-order valence-corrected chi connectivity index (χ3v) is 5.13. The van der Waals surface area contributed by atoms with Gasteiger partial charge in [-0.1, -0.05) is 37.6 Å². The van der Waals surface area contributed by atoms with Gasteiger partial charge in [-0.2, -0.15) is 4.99 Å². The number of ether oxygens (including phenoxy) is 1. The lowest BCUT2D eigenvalue weighted by atomic mass is 9.91. The Labute approximate surface area is 166 Å². The molecule has 1 saturated heterocycles. The molecule has 0 bridgehead atoms. The Balaban J connectivity index is 1.88. The van der Waals surface area contributed by atoms with Crippen molar-refractivity contribution in [3.63, 3.8) is 0 Å². The third-order valence-electron chi connectivity index (χ3n) is 5.04. The predicted octanol–water partition coefficient (Wildman–Crippen LogP) is 6.91. The van der Waals surface area contributed by atoms with Crippen LogP contribution in [0.5, 0.6) is 0 Å². The maximum Gasteiger partial charge on any atom is 0.189 e. The molecule has 0 aromatic heterocycles. The van der Waals surface area contributed by atoms with Gasteiger partial charge in [0.1, 0.15) is 0 Å². The van der Waals surface area contributed by atoms with Crippen molar-refractivity contribution in [1.82, 2.24) is 0 Å². The summed E-state index contributed by atoms with van der Waals surface area (Å²) in [5.41, 5.74) is -1.02. The standard InChI is InChI=1S/C21H19F4NOS/c1-2-3-12-4-9-15(27-10-12)13-5-7-14(8-6-13)16-17(22)19(24)21(26-11-28)20(25)18(16)23/h5-8,12,15H,2-4,9-10H2,1H3. The molecule has 0 spiro atoms. The fourth-order valence-corrected chi connectivity index (χ4v) is 3.68. The molecule has 2 unspecified atom stereocenters. The van der Waals surface area contributed by atoms with E-state index in [1.165, 1.54) is 12.1 Å². The van der Waals surface area contributed by atoms with E-state index in [0.29, 0.717) is 12.5 Å². The summed E-state index contributed by atoms with van der Waals surface area (Å²) in [6.45, 7) is 2.82. The van der Waals surface area contributed by atoms with Gasteiger partial charge in [0.15, 0.2) is 29.0 Å². The molecule has 3 rings (SSSR count). The average Bonchev–Trinajstić information content (AvgIpc) is 2.71. The quantitative estimate of drug-likeness (QED) is 0.232. The van der Waals surface area contributed by atoms with E-state index in [1.54, 1.807) is 17.3 Å². The predicted molar refractivity (Wildman–Crippen MR) is 103 cm³/mol. The molecular formula is C21H19F4NOS. The second kappa shape index (κ2) is 8.95. The Morgan fingerprint density at radius 1 is 1.04 bits per heavy atom. The first kappa shape index (κ1) is 20.6. The van der Waals surface area contributed by atoms with E-state index < -0.39 is 34.5 Å². The van der Waals surface area contributed by atoms with Crippen molar-refractivity contribution in [3.05, 3.63) is 53.1 Å². The summed E-state index contributed by atoms with van der Waals surface area (Å²) in [5, 5.41) is 1.72. The van der Waals surface area contributed by atoms with Gasteiger partial charge in [0, 0.05) is 0 Å². The first-order valence-corrected chi connectivity index (χ1v) is 9.54. The van der Waals surface area contributed by atoms with Crippen LogP contribution < -0.4 is 0 Å². The molecular weight excluding hydrogens is 390 g/mol. The van der Waals surface area contributed by atoms with Crippen LogP contribution in [-0.2, 0) is 4.74 Å². The third kappa shape index (κ3) is 4.02. The van der Waals surface area contributed by atoms with E-state index >= 15 is 0 Å². The van der Waals surface area contributed by atoms with Gasteiger partial charge in [0.25, 0.3) is 0 Å². The van der Waals surface area contributed by atoms with E-state index in [9.17, 15) is 17.6 Å². The highest BCUT2D eigenvalue weighted by Gasteiger charge is 2.27. The number of nitrogens with zero attached hydrogens (tertiary/aromatic N) is 1. The van der Waals surface area contributed by atoms with Crippen molar-refractivity contribution >= 4 is 23.1 Å². The zero-order valence-corrected chi connectivity index (χ0v) is 16.1. The maximum atomic E-state index is 14.4. The van der Waals surface area contributed by atoms with Gasteiger partial charge in [-0.3, -0.25) is 0 Å². The van der Waals surface area contributed by atoms with Crippen molar-refractivity contribution in [2.45, 2.75) is 38.7 Å². The summed E-state index contributed by atoms with van der Waals surface area (Å²) < 4.78 is 62.7. The average molecular weight is 409 g/mol. The van der Waals surface area contributed by atoms with Gasteiger partial charge >= 0.3 is 0 Å². The van der Waals surface area contributed by atoms with E-state index in [2.05, 4.69) is 24.1 Å². The number of isothiocyanates is 1. The van der Waals surface area contributed by atoms with Crippen LogP contribution in [-0.4, -0.2) is 11.8 Å². The Bertz CT molecular complexity index is 873. The van der Waals surface area contributed by atoms with Crippen molar-refractivity contribution in [3.8, 4) is 11.1 Å². The first-order chi connectivity index (χ1) is 13.5. The van der Waals surface area contributed by atoms with Crippen LogP contribution in [0, 0.1) is 29.2 Å². The molecule has 28 heavy (non-hydrogen) atoms. The minimum Gasteiger partial charge on any atom is -0.373 e. The lowest BCUT2D eigenvalue weighted by molar-refractivity contribution is -0.0194. The van der Waals surface area contributed by atoms with Crippen LogP contribution in [0.4, 0.5) is 23.2 Å². The monoisotopic (exact) mass is 409 g/mol. The van der Waals surface area contributed by atoms with Gasteiger partial charge in [-0.05, 0) is 48.5 Å². The molecule has 1 aliphatic rings. The summed E-state index contributed by atoms with van der Waals surface area (Å²) in [6, 6.07) is 6.19. The summed E-state index contributed by atoms with van der Waals surface area (Å²) in [7, 11) is 0. The summed E-state index contributed by atoms with van der Waals surface area (Å²) >= 11 is 4.26. The highest BCUT2D eigenvalue weighted by Crippen LogP contribution is 2.37. The van der Waals surface area contributed by atoms with E-state index in [-0.39, 0.29) is 11.7 Å². The van der Waals surface area contributed by atoms with E-state index in [0.717, 1.165) is 31.2 Å². The number of benzene rings is 2. The van der Waals surface area contributed by atoms with Crippen LogP contribution in [0.3, 0.4) is 0 Å². The zero-order valence-electron chi connectivity index (χ0n) is 15.3.